The first kappa shape index (κ1) is 15.2. The first-order chi connectivity index (χ1) is 10.1. The Morgan fingerprint density at radius 3 is 2.67 bits per heavy atom. The van der Waals surface area contributed by atoms with Crippen LogP contribution in [0.1, 0.15) is 30.3 Å². The molecule has 1 aromatic heterocycles. The smallest absolute Gasteiger partial charge is 0.144 e. The molecule has 21 heavy (non-hydrogen) atoms. The number of anilines is 1. The van der Waals surface area contributed by atoms with Crippen LogP contribution in [0, 0.1) is 0 Å². The second kappa shape index (κ2) is 6.18. The zero-order chi connectivity index (χ0) is 15.0. The standard InChI is InChI=1S/C15H24BrN5/c1-17-15-13(16)14(10-4-5-10)18-12(19-15)8-11-9-20(2)6-7-21(11)3/h10-11H,4-9H2,1-3H3,(H,17,18,19). The molecule has 5 nitrogen and oxygen atoms in total. The maximum absolute atomic E-state index is 4.85. The van der Waals surface area contributed by atoms with Crippen LogP contribution in [0.2, 0.25) is 0 Å². The molecule has 1 aromatic rings. The van der Waals surface area contributed by atoms with E-state index in [1.165, 1.54) is 18.5 Å². The van der Waals surface area contributed by atoms with Crippen molar-refractivity contribution in [2.75, 3.05) is 46.1 Å². The van der Waals surface area contributed by atoms with Crippen LogP contribution in [0.4, 0.5) is 5.82 Å². The van der Waals surface area contributed by atoms with Gasteiger partial charge in [-0.25, -0.2) is 9.97 Å². The highest BCUT2D eigenvalue weighted by Gasteiger charge is 2.30. The fourth-order valence-corrected chi connectivity index (χ4v) is 3.63. The number of halogens is 1. The van der Waals surface area contributed by atoms with Gasteiger partial charge in [0.2, 0.25) is 0 Å². The van der Waals surface area contributed by atoms with Crippen LogP contribution in [0.15, 0.2) is 4.47 Å². The second-order valence-electron chi connectivity index (χ2n) is 6.31. The lowest BCUT2D eigenvalue weighted by Crippen LogP contribution is -2.51. The van der Waals surface area contributed by atoms with Gasteiger partial charge in [0.15, 0.2) is 0 Å². The van der Waals surface area contributed by atoms with Gasteiger partial charge in [-0.3, -0.25) is 0 Å². The highest BCUT2D eigenvalue weighted by atomic mass is 79.9. The number of hydrogen-bond donors (Lipinski definition) is 1. The quantitative estimate of drug-likeness (QED) is 0.896. The summed E-state index contributed by atoms with van der Waals surface area (Å²) in [5, 5.41) is 3.19. The van der Waals surface area contributed by atoms with Gasteiger partial charge in [-0.15, -0.1) is 0 Å². The van der Waals surface area contributed by atoms with E-state index in [1.807, 2.05) is 7.05 Å². The third-order valence-electron chi connectivity index (χ3n) is 4.52. The first-order valence-corrected chi connectivity index (χ1v) is 8.50. The number of rotatable bonds is 4. The molecule has 2 aliphatic rings. The van der Waals surface area contributed by atoms with E-state index in [0.29, 0.717) is 12.0 Å². The molecule has 1 unspecified atom stereocenters. The van der Waals surface area contributed by atoms with Crippen molar-refractivity contribution >= 4 is 21.7 Å². The number of aromatic nitrogens is 2. The molecule has 2 fully saturated rings. The zero-order valence-corrected chi connectivity index (χ0v) is 14.7. The summed E-state index contributed by atoms with van der Waals surface area (Å²) in [6.07, 6.45) is 3.43. The molecule has 3 rings (SSSR count). The summed E-state index contributed by atoms with van der Waals surface area (Å²) in [7, 11) is 6.32. The van der Waals surface area contributed by atoms with E-state index >= 15 is 0 Å². The molecular formula is C15H24BrN5. The van der Waals surface area contributed by atoms with E-state index in [9.17, 15) is 0 Å². The van der Waals surface area contributed by atoms with Crippen molar-refractivity contribution in [3.05, 3.63) is 16.0 Å². The monoisotopic (exact) mass is 353 g/mol. The largest absolute Gasteiger partial charge is 0.372 e. The number of likely N-dealkylation sites (N-methyl/N-ethyl adjacent to an activating group) is 2. The van der Waals surface area contributed by atoms with Gasteiger partial charge in [0.25, 0.3) is 0 Å². The van der Waals surface area contributed by atoms with E-state index in [4.69, 9.17) is 9.97 Å². The fraction of sp³-hybridized carbons (Fsp3) is 0.733. The van der Waals surface area contributed by atoms with Gasteiger partial charge >= 0.3 is 0 Å². The summed E-state index contributed by atoms with van der Waals surface area (Å²) in [6, 6.07) is 0.502. The van der Waals surface area contributed by atoms with E-state index < -0.39 is 0 Å². The highest BCUT2D eigenvalue weighted by Crippen LogP contribution is 2.43. The van der Waals surface area contributed by atoms with Gasteiger partial charge in [-0.05, 0) is 42.9 Å². The molecule has 1 atom stereocenters. The van der Waals surface area contributed by atoms with Crippen LogP contribution < -0.4 is 5.32 Å². The molecule has 1 aliphatic carbocycles. The molecule has 6 heteroatoms. The highest BCUT2D eigenvalue weighted by molar-refractivity contribution is 9.10. The molecular weight excluding hydrogens is 330 g/mol. The minimum absolute atomic E-state index is 0.502. The molecule has 0 aromatic carbocycles. The summed E-state index contributed by atoms with van der Waals surface area (Å²) in [4.78, 5) is 14.4. The summed E-state index contributed by atoms with van der Waals surface area (Å²) < 4.78 is 1.05. The van der Waals surface area contributed by atoms with Crippen molar-refractivity contribution in [1.29, 1.82) is 0 Å². The van der Waals surface area contributed by atoms with Gasteiger partial charge < -0.3 is 15.1 Å². The van der Waals surface area contributed by atoms with Crippen molar-refractivity contribution in [3.63, 3.8) is 0 Å². The predicted octanol–water partition coefficient (Wildman–Crippen LogP) is 1.95. The summed E-state index contributed by atoms with van der Waals surface area (Å²) >= 11 is 3.66. The molecule has 1 aliphatic heterocycles. The Hall–Kier alpha value is -0.720. The number of nitrogens with zero attached hydrogens (tertiary/aromatic N) is 4. The zero-order valence-electron chi connectivity index (χ0n) is 13.1. The molecule has 0 amide bonds. The number of nitrogens with one attached hydrogen (secondary N) is 1. The van der Waals surface area contributed by atoms with Gasteiger partial charge in [0.05, 0.1) is 10.2 Å². The molecule has 1 saturated heterocycles. The van der Waals surface area contributed by atoms with Crippen molar-refractivity contribution in [2.24, 2.45) is 0 Å². The summed E-state index contributed by atoms with van der Waals surface area (Å²) in [5.41, 5.74) is 1.19. The van der Waals surface area contributed by atoms with Gasteiger partial charge in [0.1, 0.15) is 11.6 Å². The Kier molecular flexibility index (Phi) is 4.47. The normalized spacial score (nSPS) is 24.3. The molecule has 0 radical (unpaired) electrons. The summed E-state index contributed by atoms with van der Waals surface area (Å²) in [6.45, 7) is 3.35. The Morgan fingerprint density at radius 1 is 1.24 bits per heavy atom. The summed E-state index contributed by atoms with van der Waals surface area (Å²) in [5.74, 6) is 2.52. The first-order valence-electron chi connectivity index (χ1n) is 7.71. The number of piperazine rings is 1. The van der Waals surface area contributed by atoms with Crippen LogP contribution in [-0.4, -0.2) is 66.6 Å². The van der Waals surface area contributed by atoms with E-state index in [0.717, 1.165) is 42.2 Å². The van der Waals surface area contributed by atoms with E-state index in [2.05, 4.69) is 45.1 Å². The average molecular weight is 354 g/mol. The number of hydrogen-bond acceptors (Lipinski definition) is 5. The SMILES string of the molecule is CNc1nc(CC2CN(C)CCN2C)nc(C2CC2)c1Br. The molecule has 2 heterocycles. The topological polar surface area (TPSA) is 44.3 Å². The molecule has 1 saturated carbocycles. The van der Waals surface area contributed by atoms with Crippen LogP contribution >= 0.6 is 15.9 Å². The van der Waals surface area contributed by atoms with Crippen molar-refractivity contribution in [3.8, 4) is 0 Å². The third kappa shape index (κ3) is 3.38. The van der Waals surface area contributed by atoms with E-state index in [-0.39, 0.29) is 0 Å². The Morgan fingerprint density at radius 2 is 2.00 bits per heavy atom. The lowest BCUT2D eigenvalue weighted by atomic mass is 10.1. The molecule has 1 N–H and O–H groups in total. The average Bonchev–Trinajstić information content (AvgIpc) is 3.29. The lowest BCUT2D eigenvalue weighted by molar-refractivity contribution is 0.113. The second-order valence-corrected chi connectivity index (χ2v) is 7.11. The molecule has 0 bridgehead atoms. The molecule has 0 spiro atoms. The maximum atomic E-state index is 4.85. The van der Waals surface area contributed by atoms with Crippen LogP contribution in [-0.2, 0) is 6.42 Å². The lowest BCUT2D eigenvalue weighted by Gasteiger charge is -2.37. The minimum atomic E-state index is 0.502. The van der Waals surface area contributed by atoms with Gasteiger partial charge in [0, 0.05) is 45.1 Å². The fourth-order valence-electron chi connectivity index (χ4n) is 2.93. The van der Waals surface area contributed by atoms with Crippen molar-refractivity contribution in [2.45, 2.75) is 31.2 Å². The Balaban J connectivity index is 1.82. The third-order valence-corrected chi connectivity index (χ3v) is 5.30. The maximum Gasteiger partial charge on any atom is 0.144 e. The van der Waals surface area contributed by atoms with E-state index in [1.54, 1.807) is 0 Å². The van der Waals surface area contributed by atoms with Crippen LogP contribution in [0.3, 0.4) is 0 Å². The van der Waals surface area contributed by atoms with Crippen LogP contribution in [0.5, 0.6) is 0 Å². The Labute approximate surface area is 135 Å². The Bertz CT molecular complexity index is 517. The van der Waals surface area contributed by atoms with Crippen molar-refractivity contribution < 1.29 is 0 Å². The van der Waals surface area contributed by atoms with Gasteiger partial charge in [-0.1, -0.05) is 0 Å². The van der Waals surface area contributed by atoms with Crippen LogP contribution in [0.25, 0.3) is 0 Å². The van der Waals surface area contributed by atoms with Gasteiger partial charge in [-0.2, -0.15) is 0 Å². The van der Waals surface area contributed by atoms with Crippen molar-refractivity contribution in [1.82, 2.24) is 19.8 Å². The molecule has 116 valence electrons. The minimum Gasteiger partial charge on any atom is -0.372 e. The predicted molar refractivity (Wildman–Crippen MR) is 88.9 cm³/mol.